The summed E-state index contributed by atoms with van der Waals surface area (Å²) in [5, 5.41) is 4.19. The summed E-state index contributed by atoms with van der Waals surface area (Å²) in [4.78, 5) is 16.8. The number of fused-ring (bicyclic) bond motifs is 1. The number of halogens is 1. The largest absolute Gasteiger partial charge is 0.359 e. The Labute approximate surface area is 113 Å². The molecule has 0 aliphatic rings. The van der Waals surface area contributed by atoms with Crippen molar-refractivity contribution in [3.05, 3.63) is 58.5 Å². The van der Waals surface area contributed by atoms with E-state index in [1.807, 2.05) is 12.1 Å². The number of benzene rings is 1. The van der Waals surface area contributed by atoms with Gasteiger partial charge in [-0.2, -0.15) is 0 Å². The van der Waals surface area contributed by atoms with Gasteiger partial charge in [0, 0.05) is 6.07 Å². The molecule has 0 amide bonds. The van der Waals surface area contributed by atoms with Gasteiger partial charge in [-0.15, -0.1) is 11.6 Å². The van der Waals surface area contributed by atoms with Gasteiger partial charge < -0.3 is 4.52 Å². The van der Waals surface area contributed by atoms with Crippen LogP contribution >= 0.6 is 11.6 Å². The van der Waals surface area contributed by atoms with Crippen molar-refractivity contribution in [2.45, 2.75) is 12.4 Å². The number of rotatable bonds is 3. The predicted molar refractivity (Wildman–Crippen MR) is 71.2 cm³/mol. The third-order valence-electron chi connectivity index (χ3n) is 2.87. The number of para-hydroxylation sites is 1. The molecule has 2 heterocycles. The van der Waals surface area contributed by atoms with E-state index in [1.165, 1.54) is 10.8 Å². The van der Waals surface area contributed by atoms with Gasteiger partial charge in [0.25, 0.3) is 5.56 Å². The Kier molecular flexibility index (Phi) is 3.05. The van der Waals surface area contributed by atoms with E-state index in [0.29, 0.717) is 22.5 Å². The van der Waals surface area contributed by atoms with Crippen molar-refractivity contribution in [3.8, 4) is 0 Å². The summed E-state index contributed by atoms with van der Waals surface area (Å²) in [6.45, 7) is 0.277. The Morgan fingerprint density at radius 3 is 2.84 bits per heavy atom. The molecule has 5 nitrogen and oxygen atoms in total. The second-order valence-corrected chi connectivity index (χ2v) is 4.32. The minimum atomic E-state index is -0.127. The molecule has 3 aromatic rings. The molecule has 1 aromatic carbocycles. The Morgan fingerprint density at radius 1 is 1.26 bits per heavy atom. The van der Waals surface area contributed by atoms with Crippen LogP contribution in [-0.2, 0) is 12.4 Å². The highest BCUT2D eigenvalue weighted by Gasteiger charge is 2.11. The molecule has 0 fully saturated rings. The lowest BCUT2D eigenvalue weighted by atomic mass is 10.2. The van der Waals surface area contributed by atoms with Crippen molar-refractivity contribution in [1.82, 2.24) is 14.7 Å². The SMILES string of the molecule is O=c1c2ccccc2nc(CCl)n1Cc1ccno1. The topological polar surface area (TPSA) is 60.9 Å². The standard InChI is InChI=1S/C13H10ClN3O2/c14-7-12-16-11-4-2-1-3-10(11)13(18)17(12)8-9-5-6-15-19-9/h1-6H,7-8H2. The Morgan fingerprint density at radius 2 is 2.11 bits per heavy atom. The molecule has 0 radical (unpaired) electrons. The van der Waals surface area contributed by atoms with E-state index in [-0.39, 0.29) is 18.0 Å². The van der Waals surface area contributed by atoms with Gasteiger partial charge in [0.2, 0.25) is 0 Å². The zero-order chi connectivity index (χ0) is 13.2. The molecule has 0 aliphatic carbocycles. The maximum atomic E-state index is 12.4. The fourth-order valence-electron chi connectivity index (χ4n) is 1.96. The average Bonchev–Trinajstić information content (AvgIpc) is 2.95. The quantitative estimate of drug-likeness (QED) is 0.687. The normalized spacial score (nSPS) is 11.0. The summed E-state index contributed by atoms with van der Waals surface area (Å²) < 4.78 is 6.53. The van der Waals surface area contributed by atoms with Crippen molar-refractivity contribution in [2.24, 2.45) is 0 Å². The zero-order valence-electron chi connectivity index (χ0n) is 9.91. The van der Waals surface area contributed by atoms with Crippen LogP contribution in [0.3, 0.4) is 0 Å². The Bertz CT molecular complexity index is 765. The lowest BCUT2D eigenvalue weighted by molar-refractivity contribution is 0.373. The van der Waals surface area contributed by atoms with Crippen molar-refractivity contribution in [2.75, 3.05) is 0 Å². The first kappa shape index (κ1) is 11.9. The number of aromatic nitrogens is 3. The van der Waals surface area contributed by atoms with Gasteiger partial charge in [-0.25, -0.2) is 4.98 Å². The minimum absolute atomic E-state index is 0.127. The molecule has 96 valence electrons. The first-order valence-corrected chi connectivity index (χ1v) is 6.27. The molecule has 0 unspecified atom stereocenters. The van der Waals surface area contributed by atoms with Crippen LogP contribution in [0.1, 0.15) is 11.6 Å². The van der Waals surface area contributed by atoms with Crippen LogP contribution < -0.4 is 5.56 Å². The molecule has 0 atom stereocenters. The van der Waals surface area contributed by atoms with E-state index in [4.69, 9.17) is 16.1 Å². The smallest absolute Gasteiger partial charge is 0.261 e. The summed E-state index contributed by atoms with van der Waals surface area (Å²) in [5.41, 5.74) is 0.523. The number of hydrogen-bond donors (Lipinski definition) is 0. The maximum Gasteiger partial charge on any atom is 0.261 e. The lowest BCUT2D eigenvalue weighted by Crippen LogP contribution is -2.25. The fraction of sp³-hybridized carbons (Fsp3) is 0.154. The van der Waals surface area contributed by atoms with Gasteiger partial charge in [-0.3, -0.25) is 9.36 Å². The van der Waals surface area contributed by atoms with Gasteiger partial charge in [-0.1, -0.05) is 17.3 Å². The van der Waals surface area contributed by atoms with E-state index >= 15 is 0 Å². The van der Waals surface area contributed by atoms with Crippen LogP contribution in [0.4, 0.5) is 0 Å². The average molecular weight is 276 g/mol. The maximum absolute atomic E-state index is 12.4. The summed E-state index contributed by atoms with van der Waals surface area (Å²) >= 11 is 5.88. The third kappa shape index (κ3) is 2.13. The molecule has 0 saturated heterocycles. The lowest BCUT2D eigenvalue weighted by Gasteiger charge is -2.09. The first-order valence-electron chi connectivity index (χ1n) is 5.73. The third-order valence-corrected chi connectivity index (χ3v) is 3.10. The molecule has 0 N–H and O–H groups in total. The van der Waals surface area contributed by atoms with Gasteiger partial charge >= 0.3 is 0 Å². The molecule has 0 bridgehead atoms. The van der Waals surface area contributed by atoms with Gasteiger partial charge in [0.1, 0.15) is 5.82 Å². The first-order chi connectivity index (χ1) is 9.29. The van der Waals surface area contributed by atoms with Crippen molar-refractivity contribution < 1.29 is 4.52 Å². The summed E-state index contributed by atoms with van der Waals surface area (Å²) in [6.07, 6.45) is 1.54. The van der Waals surface area contributed by atoms with E-state index in [2.05, 4.69) is 10.1 Å². The molecule has 3 rings (SSSR count). The molecule has 0 spiro atoms. The van der Waals surface area contributed by atoms with Gasteiger partial charge in [0.05, 0.1) is 29.5 Å². The zero-order valence-corrected chi connectivity index (χ0v) is 10.7. The van der Waals surface area contributed by atoms with E-state index < -0.39 is 0 Å². The molecule has 6 heteroatoms. The monoisotopic (exact) mass is 275 g/mol. The number of hydrogen-bond acceptors (Lipinski definition) is 4. The molecule has 2 aromatic heterocycles. The van der Waals surface area contributed by atoms with Crippen LogP contribution in [0.5, 0.6) is 0 Å². The van der Waals surface area contributed by atoms with Crippen molar-refractivity contribution >= 4 is 22.5 Å². The van der Waals surface area contributed by atoms with Crippen molar-refractivity contribution in [3.63, 3.8) is 0 Å². The molecule has 0 saturated carbocycles. The Hall–Kier alpha value is -2.14. The van der Waals surface area contributed by atoms with Crippen LogP contribution in [0.2, 0.25) is 0 Å². The molecular formula is C13H10ClN3O2. The van der Waals surface area contributed by atoms with E-state index in [1.54, 1.807) is 18.2 Å². The molecule has 0 aliphatic heterocycles. The number of alkyl halides is 1. The second-order valence-electron chi connectivity index (χ2n) is 4.05. The van der Waals surface area contributed by atoms with Crippen LogP contribution in [0, 0.1) is 0 Å². The van der Waals surface area contributed by atoms with Crippen molar-refractivity contribution in [1.29, 1.82) is 0 Å². The van der Waals surface area contributed by atoms with Gasteiger partial charge in [0.15, 0.2) is 5.76 Å². The van der Waals surface area contributed by atoms with Gasteiger partial charge in [-0.05, 0) is 12.1 Å². The van der Waals surface area contributed by atoms with E-state index in [9.17, 15) is 4.79 Å². The highest BCUT2D eigenvalue weighted by Crippen LogP contribution is 2.11. The summed E-state index contributed by atoms with van der Waals surface area (Å²) in [7, 11) is 0. The molecular weight excluding hydrogens is 266 g/mol. The Balaban J connectivity index is 2.21. The minimum Gasteiger partial charge on any atom is -0.359 e. The van der Waals surface area contributed by atoms with Crippen LogP contribution in [0.15, 0.2) is 45.8 Å². The van der Waals surface area contributed by atoms with E-state index in [0.717, 1.165) is 0 Å². The number of nitrogens with zero attached hydrogens (tertiary/aromatic N) is 3. The van der Waals surface area contributed by atoms with Crippen LogP contribution in [-0.4, -0.2) is 14.7 Å². The summed E-state index contributed by atoms with van der Waals surface area (Å²) in [5.74, 6) is 1.26. The molecule has 19 heavy (non-hydrogen) atoms. The van der Waals surface area contributed by atoms with Crippen LogP contribution in [0.25, 0.3) is 10.9 Å². The highest BCUT2D eigenvalue weighted by molar-refractivity contribution is 6.16. The predicted octanol–water partition coefficient (Wildman–Crippen LogP) is 2.17. The second kappa shape index (κ2) is 4.85. The fourth-order valence-corrected chi connectivity index (χ4v) is 2.16. The summed E-state index contributed by atoms with van der Waals surface area (Å²) in [6, 6.07) is 8.91. The highest BCUT2D eigenvalue weighted by atomic mass is 35.5.